The molecule has 4 nitrogen and oxygen atoms in total. The van der Waals surface area contributed by atoms with Crippen LogP contribution >= 0.6 is 0 Å². The quantitative estimate of drug-likeness (QED) is 0.440. The smallest absolute Gasteiger partial charge is 0.230 e. The van der Waals surface area contributed by atoms with Crippen molar-refractivity contribution >= 4 is 17.7 Å². The van der Waals surface area contributed by atoms with E-state index in [1.807, 2.05) is 54.4 Å². The Hall–Kier alpha value is -3.86. The third-order valence-electron chi connectivity index (χ3n) is 4.70. The van der Waals surface area contributed by atoms with Crippen LogP contribution < -0.4 is 4.90 Å². The zero-order valence-corrected chi connectivity index (χ0v) is 16.0. The number of hydrogen-bond acceptors (Lipinski definition) is 4. The van der Waals surface area contributed by atoms with Crippen LogP contribution in [0.2, 0.25) is 0 Å². The van der Waals surface area contributed by atoms with E-state index in [1.165, 1.54) is 12.1 Å². The molecule has 0 radical (unpaired) electrons. The highest BCUT2D eigenvalue weighted by Crippen LogP contribution is 2.33. The highest BCUT2D eigenvalue weighted by Gasteiger charge is 2.16. The van der Waals surface area contributed by atoms with Crippen molar-refractivity contribution in [1.29, 1.82) is 0 Å². The first-order chi connectivity index (χ1) is 14.2. The molecule has 2 aromatic carbocycles. The number of nitrogens with zero attached hydrogens (tertiary/aromatic N) is 4. The Morgan fingerprint density at radius 3 is 2.38 bits per heavy atom. The Labute approximate surface area is 169 Å². The van der Waals surface area contributed by atoms with E-state index in [0.29, 0.717) is 5.95 Å². The van der Waals surface area contributed by atoms with Gasteiger partial charge in [-0.05, 0) is 41.5 Å². The summed E-state index contributed by atoms with van der Waals surface area (Å²) in [5, 5.41) is 0. The fraction of sp³-hybridized carbons (Fsp3) is 0.0417. The van der Waals surface area contributed by atoms with E-state index < -0.39 is 0 Å². The van der Waals surface area contributed by atoms with Crippen molar-refractivity contribution in [2.45, 2.75) is 0 Å². The van der Waals surface area contributed by atoms with E-state index in [2.05, 4.69) is 16.5 Å². The van der Waals surface area contributed by atoms with Crippen LogP contribution in [0.15, 0.2) is 85.8 Å². The zero-order valence-electron chi connectivity index (χ0n) is 16.0. The first-order valence-corrected chi connectivity index (χ1v) is 9.16. The third-order valence-corrected chi connectivity index (χ3v) is 4.70. The minimum absolute atomic E-state index is 0.280. The van der Waals surface area contributed by atoms with Gasteiger partial charge in [0.1, 0.15) is 5.82 Å². The lowest BCUT2D eigenvalue weighted by atomic mass is 10.0. The summed E-state index contributed by atoms with van der Waals surface area (Å²) >= 11 is 0. The van der Waals surface area contributed by atoms with Crippen molar-refractivity contribution in [2.75, 3.05) is 11.9 Å². The fourth-order valence-corrected chi connectivity index (χ4v) is 3.18. The van der Waals surface area contributed by atoms with Gasteiger partial charge in [0.25, 0.3) is 0 Å². The molecule has 0 unspecified atom stereocenters. The van der Waals surface area contributed by atoms with Gasteiger partial charge in [0.15, 0.2) is 0 Å². The van der Waals surface area contributed by atoms with Gasteiger partial charge in [-0.2, -0.15) is 0 Å². The molecule has 2 aromatic heterocycles. The maximum atomic E-state index is 13.4. The number of rotatable bonds is 5. The first kappa shape index (κ1) is 18.5. The number of benzene rings is 2. The van der Waals surface area contributed by atoms with Gasteiger partial charge in [-0.15, -0.1) is 0 Å². The Balaban J connectivity index is 1.86. The molecule has 29 heavy (non-hydrogen) atoms. The van der Waals surface area contributed by atoms with Gasteiger partial charge in [0.2, 0.25) is 5.95 Å². The average Bonchev–Trinajstić information content (AvgIpc) is 2.79. The second-order valence-corrected chi connectivity index (χ2v) is 6.50. The summed E-state index contributed by atoms with van der Waals surface area (Å²) in [6.07, 6.45) is 7.03. The van der Waals surface area contributed by atoms with Crippen LogP contribution in [-0.4, -0.2) is 22.0 Å². The average molecular weight is 382 g/mol. The van der Waals surface area contributed by atoms with Crippen molar-refractivity contribution in [3.05, 3.63) is 97.2 Å². The molecule has 0 aliphatic rings. The molecule has 5 heteroatoms. The molecule has 142 valence electrons. The van der Waals surface area contributed by atoms with Gasteiger partial charge in [-0.25, -0.2) is 14.4 Å². The molecule has 0 fully saturated rings. The highest BCUT2D eigenvalue weighted by atomic mass is 19.1. The van der Waals surface area contributed by atoms with E-state index >= 15 is 0 Å². The van der Waals surface area contributed by atoms with Crippen LogP contribution in [-0.2, 0) is 0 Å². The van der Waals surface area contributed by atoms with Crippen LogP contribution in [0.25, 0.3) is 28.5 Å². The molecule has 0 bridgehead atoms. The van der Waals surface area contributed by atoms with Crippen LogP contribution in [0.1, 0.15) is 5.56 Å². The molecule has 0 atom stereocenters. The first-order valence-electron chi connectivity index (χ1n) is 9.16. The topological polar surface area (TPSA) is 41.9 Å². The maximum absolute atomic E-state index is 13.4. The second-order valence-electron chi connectivity index (χ2n) is 6.50. The van der Waals surface area contributed by atoms with E-state index in [0.717, 1.165) is 33.6 Å². The number of hydrogen-bond donors (Lipinski definition) is 0. The molecule has 0 aliphatic heterocycles. The second kappa shape index (κ2) is 8.02. The SMILES string of the molecule is C=Cc1ccccc1N(C)c1ncc(-c2ccc(F)cc2)c(-c2ccncc2)n1. The lowest BCUT2D eigenvalue weighted by Crippen LogP contribution is -2.14. The summed E-state index contributed by atoms with van der Waals surface area (Å²) in [6, 6.07) is 18.1. The van der Waals surface area contributed by atoms with Gasteiger partial charge in [-0.3, -0.25) is 4.98 Å². The molecule has 4 rings (SSSR count). The van der Waals surface area contributed by atoms with Crippen molar-refractivity contribution in [1.82, 2.24) is 15.0 Å². The van der Waals surface area contributed by atoms with Gasteiger partial charge in [0, 0.05) is 36.8 Å². The molecule has 4 aromatic rings. The molecule has 0 spiro atoms. The minimum atomic E-state index is -0.280. The summed E-state index contributed by atoms with van der Waals surface area (Å²) in [5.41, 5.74) is 5.29. The number of halogens is 1. The van der Waals surface area contributed by atoms with Crippen molar-refractivity contribution in [3.63, 3.8) is 0 Å². The van der Waals surface area contributed by atoms with Gasteiger partial charge in [-0.1, -0.05) is 43.0 Å². The van der Waals surface area contributed by atoms with E-state index in [-0.39, 0.29) is 5.82 Å². The molecule has 0 N–H and O–H groups in total. The summed E-state index contributed by atoms with van der Waals surface area (Å²) < 4.78 is 13.4. The van der Waals surface area contributed by atoms with Gasteiger partial charge < -0.3 is 4.90 Å². The monoisotopic (exact) mass is 382 g/mol. The summed E-state index contributed by atoms with van der Waals surface area (Å²) in [6.45, 7) is 3.89. The lowest BCUT2D eigenvalue weighted by molar-refractivity contribution is 0.628. The molecular formula is C24H19FN4. The van der Waals surface area contributed by atoms with Crippen LogP contribution in [0, 0.1) is 5.82 Å². The summed E-state index contributed by atoms with van der Waals surface area (Å²) in [7, 11) is 1.92. The van der Waals surface area contributed by atoms with Crippen LogP contribution in [0.3, 0.4) is 0 Å². The summed E-state index contributed by atoms with van der Waals surface area (Å²) in [5.74, 6) is 0.273. The van der Waals surface area contributed by atoms with Crippen molar-refractivity contribution in [3.8, 4) is 22.4 Å². The minimum Gasteiger partial charge on any atom is -0.313 e. The van der Waals surface area contributed by atoms with Crippen molar-refractivity contribution < 1.29 is 4.39 Å². The number of para-hydroxylation sites is 1. The summed E-state index contributed by atoms with van der Waals surface area (Å²) in [4.78, 5) is 15.5. The molecule has 2 heterocycles. The molecular weight excluding hydrogens is 363 g/mol. The fourth-order valence-electron chi connectivity index (χ4n) is 3.18. The molecule has 0 aliphatic carbocycles. The highest BCUT2D eigenvalue weighted by molar-refractivity contribution is 5.81. The number of pyridine rings is 1. The van der Waals surface area contributed by atoms with Crippen LogP contribution in [0.4, 0.5) is 16.0 Å². The van der Waals surface area contributed by atoms with E-state index in [4.69, 9.17) is 4.98 Å². The van der Waals surface area contributed by atoms with Gasteiger partial charge in [0.05, 0.1) is 11.4 Å². The third kappa shape index (κ3) is 3.75. The lowest BCUT2D eigenvalue weighted by Gasteiger charge is -2.21. The number of aromatic nitrogens is 3. The molecule has 0 amide bonds. The standard InChI is InChI=1S/C24H19FN4/c1-3-17-6-4-5-7-22(17)29(2)24-27-16-21(18-8-10-20(25)11-9-18)23(28-24)19-12-14-26-15-13-19/h3-16H,1H2,2H3. The number of anilines is 2. The Morgan fingerprint density at radius 1 is 0.931 bits per heavy atom. The van der Waals surface area contributed by atoms with Crippen LogP contribution in [0.5, 0.6) is 0 Å². The largest absolute Gasteiger partial charge is 0.313 e. The molecule has 0 saturated carbocycles. The molecule has 0 saturated heterocycles. The normalized spacial score (nSPS) is 10.6. The predicted octanol–water partition coefficient (Wildman–Crippen LogP) is 5.76. The maximum Gasteiger partial charge on any atom is 0.230 e. The van der Waals surface area contributed by atoms with E-state index in [1.54, 1.807) is 30.7 Å². The van der Waals surface area contributed by atoms with Crippen molar-refractivity contribution in [2.24, 2.45) is 0 Å². The Morgan fingerprint density at radius 2 is 1.66 bits per heavy atom. The zero-order chi connectivity index (χ0) is 20.2. The van der Waals surface area contributed by atoms with E-state index in [9.17, 15) is 4.39 Å². The Bertz CT molecular complexity index is 1140. The Kier molecular flexibility index (Phi) is 5.12. The van der Waals surface area contributed by atoms with Gasteiger partial charge >= 0.3 is 0 Å². The predicted molar refractivity (Wildman–Crippen MR) is 115 cm³/mol.